The number of methoxy groups -OCH3 is 1. The number of anilines is 1. The van der Waals surface area contributed by atoms with E-state index < -0.39 is 0 Å². The quantitative estimate of drug-likeness (QED) is 0.659. The van der Waals surface area contributed by atoms with Crippen molar-refractivity contribution in [1.29, 1.82) is 0 Å². The minimum absolute atomic E-state index is 0.539. The topological polar surface area (TPSA) is 52.6 Å². The number of hydrogen-bond acceptors (Lipinski definition) is 5. The largest absolute Gasteiger partial charge is 0.382 e. The summed E-state index contributed by atoms with van der Waals surface area (Å²) in [6.45, 7) is 2.92. The van der Waals surface area contributed by atoms with Crippen LogP contribution in [0.3, 0.4) is 0 Å². The zero-order valence-corrected chi connectivity index (χ0v) is 10.4. The Balaban J connectivity index is 2.13. The van der Waals surface area contributed by atoms with E-state index in [9.17, 15) is 0 Å². The van der Waals surface area contributed by atoms with Gasteiger partial charge in [-0.3, -0.25) is 0 Å². The van der Waals surface area contributed by atoms with Crippen LogP contribution in [0.1, 0.15) is 5.56 Å². The molecule has 1 aromatic heterocycles. The molecule has 0 aliphatic rings. The van der Waals surface area contributed by atoms with Gasteiger partial charge in [-0.05, 0) is 6.07 Å². The minimum Gasteiger partial charge on any atom is -0.382 e. The zero-order chi connectivity index (χ0) is 12.3. The van der Waals surface area contributed by atoms with Crippen molar-refractivity contribution in [1.82, 2.24) is 4.98 Å². The van der Waals surface area contributed by atoms with Gasteiger partial charge >= 0.3 is 0 Å². The van der Waals surface area contributed by atoms with E-state index in [-0.39, 0.29) is 0 Å². The summed E-state index contributed by atoms with van der Waals surface area (Å²) in [6, 6.07) is 3.89. The summed E-state index contributed by atoms with van der Waals surface area (Å²) in [5, 5.41) is 3.03. The van der Waals surface area contributed by atoms with Crippen LogP contribution in [0.4, 0.5) is 5.82 Å². The molecule has 5 heteroatoms. The van der Waals surface area contributed by atoms with E-state index in [2.05, 4.69) is 10.3 Å². The molecule has 0 atom stereocenters. The predicted octanol–water partition coefficient (Wildman–Crippen LogP) is 1.30. The molecular weight excluding hydrogens is 220 g/mol. The van der Waals surface area contributed by atoms with Crippen LogP contribution < -0.4 is 5.32 Å². The van der Waals surface area contributed by atoms with Gasteiger partial charge in [0, 0.05) is 25.9 Å². The van der Waals surface area contributed by atoms with Gasteiger partial charge in [0.1, 0.15) is 5.82 Å². The number of ether oxygens (including phenoxy) is 3. The van der Waals surface area contributed by atoms with Gasteiger partial charge in [-0.1, -0.05) is 6.07 Å². The monoisotopic (exact) mass is 240 g/mol. The lowest BCUT2D eigenvalue weighted by atomic mass is 10.3. The Bertz CT molecular complexity index is 308. The van der Waals surface area contributed by atoms with Crippen molar-refractivity contribution in [3.05, 3.63) is 23.9 Å². The molecular formula is C12H20N2O3. The highest BCUT2D eigenvalue weighted by atomic mass is 16.5. The van der Waals surface area contributed by atoms with Crippen molar-refractivity contribution in [2.75, 3.05) is 45.9 Å². The Hall–Kier alpha value is -1.17. The maximum atomic E-state index is 5.50. The molecule has 0 saturated carbocycles. The van der Waals surface area contributed by atoms with Gasteiger partial charge in [-0.2, -0.15) is 0 Å². The maximum absolute atomic E-state index is 5.50. The lowest BCUT2D eigenvalue weighted by molar-refractivity contribution is 0.0200. The Morgan fingerprint density at radius 1 is 1.18 bits per heavy atom. The Labute approximate surface area is 102 Å². The first-order chi connectivity index (χ1) is 8.38. The molecule has 0 aliphatic carbocycles. The number of nitrogens with zero attached hydrogens (tertiary/aromatic N) is 1. The summed E-state index contributed by atoms with van der Waals surface area (Å²) in [6.07, 6.45) is 1.75. The molecule has 1 heterocycles. The van der Waals surface area contributed by atoms with Crippen LogP contribution in [-0.2, 0) is 20.8 Å². The summed E-state index contributed by atoms with van der Waals surface area (Å²) in [7, 11) is 3.50. The van der Waals surface area contributed by atoms with Crippen molar-refractivity contribution < 1.29 is 14.2 Å². The van der Waals surface area contributed by atoms with Crippen LogP contribution in [-0.4, -0.2) is 45.6 Å². The van der Waals surface area contributed by atoms with E-state index in [1.54, 1.807) is 13.3 Å². The SMILES string of the molecule is CNc1ncccc1COCCOCCOC. The Morgan fingerprint density at radius 3 is 2.71 bits per heavy atom. The molecule has 1 N–H and O–H groups in total. The molecule has 0 unspecified atom stereocenters. The molecule has 5 nitrogen and oxygen atoms in total. The summed E-state index contributed by atoms with van der Waals surface area (Å²) in [4.78, 5) is 4.20. The van der Waals surface area contributed by atoms with Crippen molar-refractivity contribution in [2.45, 2.75) is 6.61 Å². The maximum Gasteiger partial charge on any atom is 0.131 e. The Kier molecular flexibility index (Phi) is 7.29. The average molecular weight is 240 g/mol. The second kappa shape index (κ2) is 8.92. The molecule has 1 aromatic rings. The summed E-state index contributed by atoms with van der Waals surface area (Å²) >= 11 is 0. The van der Waals surface area contributed by atoms with Crippen molar-refractivity contribution in [2.24, 2.45) is 0 Å². The van der Waals surface area contributed by atoms with E-state index in [0.29, 0.717) is 33.0 Å². The fraction of sp³-hybridized carbons (Fsp3) is 0.583. The highest BCUT2D eigenvalue weighted by Gasteiger charge is 2.00. The second-order valence-electron chi connectivity index (χ2n) is 3.42. The molecule has 17 heavy (non-hydrogen) atoms. The number of rotatable bonds is 9. The van der Waals surface area contributed by atoms with Crippen LogP contribution in [0, 0.1) is 0 Å². The van der Waals surface area contributed by atoms with Gasteiger partial charge in [-0.15, -0.1) is 0 Å². The summed E-state index contributed by atoms with van der Waals surface area (Å²) in [5.41, 5.74) is 1.05. The Morgan fingerprint density at radius 2 is 1.94 bits per heavy atom. The summed E-state index contributed by atoms with van der Waals surface area (Å²) in [5.74, 6) is 0.854. The van der Waals surface area contributed by atoms with E-state index >= 15 is 0 Å². The van der Waals surface area contributed by atoms with Gasteiger partial charge in [-0.25, -0.2) is 4.98 Å². The van der Waals surface area contributed by atoms with Crippen LogP contribution in [0.25, 0.3) is 0 Å². The zero-order valence-electron chi connectivity index (χ0n) is 10.4. The van der Waals surface area contributed by atoms with Gasteiger partial charge < -0.3 is 19.5 Å². The standard InChI is InChI=1S/C12H20N2O3/c1-13-12-11(4-3-5-14-12)10-17-9-8-16-7-6-15-2/h3-5H,6-10H2,1-2H3,(H,13,14). The minimum atomic E-state index is 0.539. The lowest BCUT2D eigenvalue weighted by Gasteiger charge is -2.08. The molecule has 0 aliphatic heterocycles. The smallest absolute Gasteiger partial charge is 0.131 e. The number of hydrogen-bond donors (Lipinski definition) is 1. The first-order valence-corrected chi connectivity index (χ1v) is 5.64. The molecule has 1 rings (SSSR count). The van der Waals surface area contributed by atoms with Crippen molar-refractivity contribution in [3.8, 4) is 0 Å². The van der Waals surface area contributed by atoms with Crippen molar-refractivity contribution >= 4 is 5.82 Å². The van der Waals surface area contributed by atoms with E-state index in [1.807, 2.05) is 19.2 Å². The molecule has 0 radical (unpaired) electrons. The fourth-order valence-corrected chi connectivity index (χ4v) is 1.32. The molecule has 0 spiro atoms. The lowest BCUT2D eigenvalue weighted by Crippen LogP contribution is -2.09. The number of pyridine rings is 1. The molecule has 96 valence electrons. The van der Waals surface area contributed by atoms with Gasteiger partial charge in [0.15, 0.2) is 0 Å². The van der Waals surface area contributed by atoms with Gasteiger partial charge in [0.25, 0.3) is 0 Å². The van der Waals surface area contributed by atoms with Crippen LogP contribution >= 0.6 is 0 Å². The fourth-order valence-electron chi connectivity index (χ4n) is 1.32. The third-order valence-electron chi connectivity index (χ3n) is 2.19. The normalized spacial score (nSPS) is 10.5. The predicted molar refractivity (Wildman–Crippen MR) is 66.1 cm³/mol. The van der Waals surface area contributed by atoms with Gasteiger partial charge in [0.05, 0.1) is 33.0 Å². The molecule has 0 aromatic carbocycles. The third kappa shape index (κ3) is 5.63. The highest BCUT2D eigenvalue weighted by Crippen LogP contribution is 2.11. The highest BCUT2D eigenvalue weighted by molar-refractivity contribution is 5.42. The second-order valence-corrected chi connectivity index (χ2v) is 3.42. The van der Waals surface area contributed by atoms with Crippen LogP contribution in [0.15, 0.2) is 18.3 Å². The average Bonchev–Trinajstić information content (AvgIpc) is 2.38. The van der Waals surface area contributed by atoms with Gasteiger partial charge in [0.2, 0.25) is 0 Å². The first-order valence-electron chi connectivity index (χ1n) is 5.64. The van der Waals surface area contributed by atoms with Crippen molar-refractivity contribution in [3.63, 3.8) is 0 Å². The van der Waals surface area contributed by atoms with E-state index in [1.165, 1.54) is 0 Å². The molecule has 0 fully saturated rings. The molecule has 0 saturated heterocycles. The molecule has 0 bridgehead atoms. The first kappa shape index (κ1) is 13.9. The summed E-state index contributed by atoms with van der Waals surface area (Å²) < 4.78 is 15.6. The number of aromatic nitrogens is 1. The van der Waals surface area contributed by atoms with Crippen LogP contribution in [0.2, 0.25) is 0 Å². The number of nitrogens with one attached hydrogen (secondary N) is 1. The molecule has 0 amide bonds. The van der Waals surface area contributed by atoms with E-state index in [0.717, 1.165) is 11.4 Å². The van der Waals surface area contributed by atoms with E-state index in [4.69, 9.17) is 14.2 Å². The van der Waals surface area contributed by atoms with Crippen LogP contribution in [0.5, 0.6) is 0 Å². The third-order valence-corrected chi connectivity index (χ3v) is 2.19.